The summed E-state index contributed by atoms with van der Waals surface area (Å²) in [7, 11) is 0. The quantitative estimate of drug-likeness (QED) is 0.862. The van der Waals surface area contributed by atoms with E-state index in [1.165, 1.54) is 11.1 Å². The van der Waals surface area contributed by atoms with Crippen LogP contribution in [-0.4, -0.2) is 16.5 Å². The normalized spacial score (nSPS) is 12.3. The fourth-order valence-electron chi connectivity index (χ4n) is 2.16. The van der Waals surface area contributed by atoms with E-state index < -0.39 is 0 Å². The highest BCUT2D eigenvalue weighted by molar-refractivity contribution is 5.21. The lowest BCUT2D eigenvalue weighted by Crippen LogP contribution is -2.22. The molecule has 100 valence electrons. The van der Waals surface area contributed by atoms with Crippen LogP contribution in [-0.2, 0) is 6.42 Å². The van der Waals surface area contributed by atoms with E-state index in [0.717, 1.165) is 25.1 Å². The number of aryl methyl sites for hydroxylation is 2. The SMILES string of the molecule is CCNC(CCc1ccc(C)cc1)c1cnccn1. The minimum atomic E-state index is 0.278. The molecule has 1 atom stereocenters. The van der Waals surface area contributed by atoms with Gasteiger partial charge in [-0.1, -0.05) is 36.8 Å². The molecule has 0 aliphatic carbocycles. The largest absolute Gasteiger partial charge is 0.309 e. The minimum Gasteiger partial charge on any atom is -0.309 e. The Labute approximate surface area is 115 Å². The Morgan fingerprint density at radius 3 is 2.58 bits per heavy atom. The molecule has 3 nitrogen and oxygen atoms in total. The summed E-state index contributed by atoms with van der Waals surface area (Å²) in [6.07, 6.45) is 7.41. The van der Waals surface area contributed by atoms with Crippen molar-refractivity contribution in [2.24, 2.45) is 0 Å². The van der Waals surface area contributed by atoms with Gasteiger partial charge < -0.3 is 5.32 Å². The molecule has 1 aromatic heterocycles. The average Bonchev–Trinajstić information content (AvgIpc) is 2.46. The molecule has 2 aromatic rings. The fraction of sp³-hybridized carbons (Fsp3) is 0.375. The lowest BCUT2D eigenvalue weighted by molar-refractivity contribution is 0.502. The molecule has 1 unspecified atom stereocenters. The number of benzene rings is 1. The van der Waals surface area contributed by atoms with Crippen molar-refractivity contribution >= 4 is 0 Å². The molecule has 0 amide bonds. The van der Waals surface area contributed by atoms with Crippen LogP contribution in [0.15, 0.2) is 42.9 Å². The van der Waals surface area contributed by atoms with E-state index in [0.29, 0.717) is 0 Å². The maximum absolute atomic E-state index is 4.40. The van der Waals surface area contributed by atoms with Gasteiger partial charge in [0.1, 0.15) is 0 Å². The van der Waals surface area contributed by atoms with Crippen LogP contribution in [0.3, 0.4) is 0 Å². The molecular weight excluding hydrogens is 234 g/mol. The first-order valence-electron chi connectivity index (χ1n) is 6.84. The number of nitrogens with zero attached hydrogens (tertiary/aromatic N) is 2. The smallest absolute Gasteiger partial charge is 0.0756 e. The Balaban J connectivity index is 1.99. The van der Waals surface area contributed by atoms with E-state index >= 15 is 0 Å². The predicted molar refractivity (Wildman–Crippen MR) is 77.9 cm³/mol. The monoisotopic (exact) mass is 255 g/mol. The van der Waals surface area contributed by atoms with Gasteiger partial charge >= 0.3 is 0 Å². The average molecular weight is 255 g/mol. The Kier molecular flexibility index (Phi) is 5.04. The van der Waals surface area contributed by atoms with Crippen LogP contribution in [0, 0.1) is 6.92 Å². The predicted octanol–water partition coefficient (Wildman–Crippen LogP) is 3.07. The molecule has 1 heterocycles. The van der Waals surface area contributed by atoms with Crippen molar-refractivity contribution in [2.45, 2.75) is 32.7 Å². The van der Waals surface area contributed by atoms with Crippen molar-refractivity contribution in [3.8, 4) is 0 Å². The molecule has 2 rings (SSSR count). The summed E-state index contributed by atoms with van der Waals surface area (Å²) >= 11 is 0. The number of nitrogens with one attached hydrogen (secondary N) is 1. The highest BCUT2D eigenvalue weighted by Gasteiger charge is 2.11. The second-order valence-corrected chi connectivity index (χ2v) is 4.76. The molecule has 0 radical (unpaired) electrons. The molecule has 19 heavy (non-hydrogen) atoms. The number of hydrogen-bond donors (Lipinski definition) is 1. The van der Waals surface area contributed by atoms with E-state index in [-0.39, 0.29) is 6.04 Å². The van der Waals surface area contributed by atoms with Gasteiger partial charge in [0, 0.05) is 18.6 Å². The fourth-order valence-corrected chi connectivity index (χ4v) is 2.16. The zero-order chi connectivity index (χ0) is 13.5. The number of aromatic nitrogens is 2. The zero-order valence-electron chi connectivity index (χ0n) is 11.6. The van der Waals surface area contributed by atoms with Crippen LogP contribution in [0.1, 0.15) is 36.2 Å². The zero-order valence-corrected chi connectivity index (χ0v) is 11.6. The lowest BCUT2D eigenvalue weighted by Gasteiger charge is -2.16. The Hall–Kier alpha value is -1.74. The van der Waals surface area contributed by atoms with E-state index in [1.54, 1.807) is 12.4 Å². The van der Waals surface area contributed by atoms with Crippen molar-refractivity contribution in [3.05, 3.63) is 59.7 Å². The highest BCUT2D eigenvalue weighted by atomic mass is 14.9. The van der Waals surface area contributed by atoms with E-state index in [4.69, 9.17) is 0 Å². The van der Waals surface area contributed by atoms with Crippen molar-refractivity contribution < 1.29 is 0 Å². The van der Waals surface area contributed by atoms with Gasteiger partial charge in [0.25, 0.3) is 0 Å². The van der Waals surface area contributed by atoms with Gasteiger partial charge in [-0.15, -0.1) is 0 Å². The van der Waals surface area contributed by atoms with Crippen LogP contribution < -0.4 is 5.32 Å². The standard InChI is InChI=1S/C16H21N3/c1-3-18-15(16-12-17-10-11-19-16)9-8-14-6-4-13(2)5-7-14/h4-7,10-12,15,18H,3,8-9H2,1-2H3. The third-order valence-electron chi connectivity index (χ3n) is 3.23. The molecule has 1 N–H and O–H groups in total. The first kappa shape index (κ1) is 13.7. The van der Waals surface area contributed by atoms with Gasteiger partial charge in [0.15, 0.2) is 0 Å². The first-order valence-corrected chi connectivity index (χ1v) is 6.84. The second-order valence-electron chi connectivity index (χ2n) is 4.76. The molecule has 0 aliphatic rings. The Bertz CT molecular complexity index is 479. The summed E-state index contributed by atoms with van der Waals surface area (Å²) in [5.41, 5.74) is 3.70. The van der Waals surface area contributed by atoms with Crippen molar-refractivity contribution in [1.29, 1.82) is 0 Å². The summed E-state index contributed by atoms with van der Waals surface area (Å²) in [6, 6.07) is 9.02. The number of rotatable bonds is 6. The number of hydrogen-bond acceptors (Lipinski definition) is 3. The molecule has 0 spiro atoms. The van der Waals surface area contributed by atoms with Crippen LogP contribution >= 0.6 is 0 Å². The van der Waals surface area contributed by atoms with E-state index in [9.17, 15) is 0 Å². The van der Waals surface area contributed by atoms with Gasteiger partial charge in [-0.3, -0.25) is 9.97 Å². The maximum atomic E-state index is 4.40. The summed E-state index contributed by atoms with van der Waals surface area (Å²) < 4.78 is 0. The van der Waals surface area contributed by atoms with E-state index in [2.05, 4.69) is 53.4 Å². The molecule has 0 fully saturated rings. The summed E-state index contributed by atoms with van der Waals surface area (Å²) in [5.74, 6) is 0. The van der Waals surface area contributed by atoms with Crippen LogP contribution in [0.25, 0.3) is 0 Å². The van der Waals surface area contributed by atoms with Crippen molar-refractivity contribution in [3.63, 3.8) is 0 Å². The third kappa shape index (κ3) is 4.14. The van der Waals surface area contributed by atoms with Gasteiger partial charge in [-0.05, 0) is 31.9 Å². The Morgan fingerprint density at radius 2 is 1.95 bits per heavy atom. The topological polar surface area (TPSA) is 37.8 Å². The second kappa shape index (κ2) is 7.00. The van der Waals surface area contributed by atoms with Gasteiger partial charge in [0.05, 0.1) is 11.7 Å². The Morgan fingerprint density at radius 1 is 1.16 bits per heavy atom. The summed E-state index contributed by atoms with van der Waals surface area (Å²) in [6.45, 7) is 5.18. The van der Waals surface area contributed by atoms with Gasteiger partial charge in [-0.2, -0.15) is 0 Å². The highest BCUT2D eigenvalue weighted by Crippen LogP contribution is 2.16. The van der Waals surface area contributed by atoms with Gasteiger partial charge in [-0.25, -0.2) is 0 Å². The minimum absolute atomic E-state index is 0.278. The molecule has 3 heteroatoms. The van der Waals surface area contributed by atoms with Crippen molar-refractivity contribution in [1.82, 2.24) is 15.3 Å². The van der Waals surface area contributed by atoms with Crippen molar-refractivity contribution in [2.75, 3.05) is 6.54 Å². The molecule has 1 aromatic carbocycles. The molecule has 0 saturated carbocycles. The lowest BCUT2D eigenvalue weighted by atomic mass is 10.0. The summed E-state index contributed by atoms with van der Waals surface area (Å²) in [4.78, 5) is 8.55. The van der Waals surface area contributed by atoms with E-state index in [1.807, 2.05) is 6.20 Å². The summed E-state index contributed by atoms with van der Waals surface area (Å²) in [5, 5.41) is 3.48. The van der Waals surface area contributed by atoms with Crippen LogP contribution in [0.5, 0.6) is 0 Å². The van der Waals surface area contributed by atoms with Crippen LogP contribution in [0.4, 0.5) is 0 Å². The molecule has 0 saturated heterocycles. The first-order chi connectivity index (χ1) is 9.29. The maximum Gasteiger partial charge on any atom is 0.0756 e. The van der Waals surface area contributed by atoms with Crippen LogP contribution in [0.2, 0.25) is 0 Å². The molecular formula is C16H21N3. The third-order valence-corrected chi connectivity index (χ3v) is 3.23. The molecule has 0 bridgehead atoms. The van der Waals surface area contributed by atoms with Gasteiger partial charge in [0.2, 0.25) is 0 Å². The molecule has 0 aliphatic heterocycles.